The number of amidine groups is 1. The summed E-state index contributed by atoms with van der Waals surface area (Å²) in [4.78, 5) is 22.7. The predicted octanol–water partition coefficient (Wildman–Crippen LogP) is 2.94. The van der Waals surface area contributed by atoms with Crippen LogP contribution in [0.1, 0.15) is 12.0 Å². The van der Waals surface area contributed by atoms with E-state index in [1.165, 1.54) is 0 Å². The van der Waals surface area contributed by atoms with Crippen molar-refractivity contribution in [3.63, 3.8) is 0 Å². The number of benzene rings is 2. The van der Waals surface area contributed by atoms with Crippen molar-refractivity contribution in [2.75, 3.05) is 7.11 Å². The third-order valence-electron chi connectivity index (χ3n) is 4.61. The number of nitrogens with zero attached hydrogens (tertiary/aromatic N) is 4. The first-order valence-corrected chi connectivity index (χ1v) is 10.5. The second-order valence-corrected chi connectivity index (χ2v) is 7.98. The lowest BCUT2D eigenvalue weighted by molar-refractivity contribution is -0.138. The number of carboxylic acid groups (broad SMARTS) is 1. The fourth-order valence-electron chi connectivity index (χ4n) is 3.06. The minimum absolute atomic E-state index is 0.263. The van der Waals surface area contributed by atoms with E-state index in [0.29, 0.717) is 5.69 Å². The third kappa shape index (κ3) is 4.86. The molecular formula is C22H19N5O4S. The molecule has 2 aromatic carbocycles. The lowest BCUT2D eigenvalue weighted by Crippen LogP contribution is -2.26. The molecule has 1 aliphatic rings. The molecule has 1 fully saturated rings. The van der Waals surface area contributed by atoms with Crippen LogP contribution in [0.3, 0.4) is 0 Å². The molecular weight excluding hydrogens is 430 g/mol. The number of carboxylic acids is 1. The topological polar surface area (TPSA) is 118 Å². The van der Waals surface area contributed by atoms with Gasteiger partial charge in [-0.05, 0) is 36.4 Å². The molecule has 2 N–H and O–H groups in total. The molecule has 1 amide bonds. The van der Waals surface area contributed by atoms with Gasteiger partial charge >= 0.3 is 5.97 Å². The van der Waals surface area contributed by atoms with Crippen molar-refractivity contribution in [2.24, 2.45) is 10.2 Å². The Labute approximate surface area is 187 Å². The van der Waals surface area contributed by atoms with E-state index in [9.17, 15) is 9.59 Å². The number of rotatable bonds is 7. The smallest absolute Gasteiger partial charge is 0.305 e. The quantitative estimate of drug-likeness (QED) is 0.423. The second kappa shape index (κ2) is 9.48. The molecule has 4 rings (SSSR count). The van der Waals surface area contributed by atoms with Gasteiger partial charge in [-0.1, -0.05) is 30.0 Å². The SMILES string of the molecule is COc1ccc(-c2nn(-c3ccccc3)cc2/C=N\N=C2\NC(=O)C(CC(=O)O)S2)cc1. The van der Waals surface area contributed by atoms with Crippen molar-refractivity contribution in [1.82, 2.24) is 15.1 Å². The van der Waals surface area contributed by atoms with Crippen LogP contribution in [-0.4, -0.2) is 50.5 Å². The zero-order valence-corrected chi connectivity index (χ0v) is 17.8. The van der Waals surface area contributed by atoms with Gasteiger partial charge in [-0.2, -0.15) is 10.2 Å². The average Bonchev–Trinajstić information content (AvgIpc) is 3.37. The summed E-state index contributed by atoms with van der Waals surface area (Å²) in [5.41, 5.74) is 3.19. The maximum absolute atomic E-state index is 11.9. The standard InChI is InChI=1S/C22H19N5O4S/c1-31-17-9-7-14(8-10-17)20-15(13-27(26-20)16-5-3-2-4-6-16)12-23-25-22-24-21(30)18(32-22)11-19(28)29/h2-10,12-13,18H,11H2,1H3,(H,28,29)(H,24,25,30)/b23-12-. The van der Waals surface area contributed by atoms with E-state index in [1.54, 1.807) is 18.0 Å². The third-order valence-corrected chi connectivity index (χ3v) is 5.68. The van der Waals surface area contributed by atoms with Crippen molar-refractivity contribution >= 4 is 35.0 Å². The summed E-state index contributed by atoms with van der Waals surface area (Å²) in [7, 11) is 1.61. The zero-order chi connectivity index (χ0) is 22.5. The average molecular weight is 449 g/mol. The van der Waals surface area contributed by atoms with Gasteiger partial charge in [-0.15, -0.1) is 5.10 Å². The van der Waals surface area contributed by atoms with E-state index in [2.05, 4.69) is 15.5 Å². The van der Waals surface area contributed by atoms with Crippen LogP contribution in [0.25, 0.3) is 16.9 Å². The highest BCUT2D eigenvalue weighted by Gasteiger charge is 2.32. The van der Waals surface area contributed by atoms with Gasteiger partial charge in [0.25, 0.3) is 0 Å². The molecule has 1 unspecified atom stereocenters. The van der Waals surface area contributed by atoms with Crippen LogP contribution >= 0.6 is 11.8 Å². The minimum Gasteiger partial charge on any atom is -0.497 e. The Hall–Kier alpha value is -3.92. The van der Waals surface area contributed by atoms with Crippen molar-refractivity contribution in [2.45, 2.75) is 11.7 Å². The van der Waals surface area contributed by atoms with Crippen LogP contribution in [0, 0.1) is 0 Å². The van der Waals surface area contributed by atoms with Crippen LogP contribution in [0.5, 0.6) is 5.75 Å². The molecule has 0 aliphatic carbocycles. The Morgan fingerprint density at radius 3 is 2.69 bits per heavy atom. The van der Waals surface area contributed by atoms with Gasteiger partial charge in [0.2, 0.25) is 5.91 Å². The summed E-state index contributed by atoms with van der Waals surface area (Å²) in [5.74, 6) is -0.690. The molecule has 9 nitrogen and oxygen atoms in total. The monoisotopic (exact) mass is 449 g/mol. The van der Waals surface area contributed by atoms with Gasteiger partial charge in [0.1, 0.15) is 16.7 Å². The molecule has 32 heavy (non-hydrogen) atoms. The Morgan fingerprint density at radius 1 is 1.25 bits per heavy atom. The highest BCUT2D eigenvalue weighted by atomic mass is 32.2. The van der Waals surface area contributed by atoms with E-state index in [-0.39, 0.29) is 17.5 Å². The van der Waals surface area contributed by atoms with Gasteiger partial charge < -0.3 is 15.2 Å². The summed E-state index contributed by atoms with van der Waals surface area (Å²) < 4.78 is 6.98. The van der Waals surface area contributed by atoms with Crippen LogP contribution in [0.2, 0.25) is 0 Å². The Balaban J connectivity index is 1.62. The van der Waals surface area contributed by atoms with E-state index in [0.717, 1.165) is 34.3 Å². The molecule has 0 saturated carbocycles. The fourth-order valence-corrected chi connectivity index (χ4v) is 3.97. The Morgan fingerprint density at radius 2 is 2.00 bits per heavy atom. The number of thioether (sulfide) groups is 1. The van der Waals surface area contributed by atoms with Crippen LogP contribution < -0.4 is 10.1 Å². The molecule has 3 aromatic rings. The highest BCUT2D eigenvalue weighted by molar-refractivity contribution is 8.15. The van der Waals surface area contributed by atoms with E-state index in [1.807, 2.05) is 60.8 Å². The number of carbonyl (C=O) groups is 2. The largest absolute Gasteiger partial charge is 0.497 e. The van der Waals surface area contributed by atoms with Crippen LogP contribution in [0.15, 0.2) is 71.0 Å². The van der Waals surface area contributed by atoms with Gasteiger partial charge in [0, 0.05) is 17.3 Å². The van der Waals surface area contributed by atoms with Gasteiger partial charge in [0.05, 0.1) is 25.4 Å². The summed E-state index contributed by atoms with van der Waals surface area (Å²) in [6, 6.07) is 17.2. The predicted molar refractivity (Wildman–Crippen MR) is 122 cm³/mol. The molecule has 0 radical (unpaired) electrons. The van der Waals surface area contributed by atoms with Crippen molar-refractivity contribution in [3.05, 3.63) is 66.4 Å². The zero-order valence-electron chi connectivity index (χ0n) is 17.0. The highest BCUT2D eigenvalue weighted by Crippen LogP contribution is 2.25. The Bertz CT molecular complexity index is 1190. The van der Waals surface area contributed by atoms with Crippen LogP contribution in [0.4, 0.5) is 0 Å². The summed E-state index contributed by atoms with van der Waals surface area (Å²) in [6.07, 6.45) is 3.12. The first-order chi connectivity index (χ1) is 15.5. The number of aliphatic carboxylic acids is 1. The number of hydrogen-bond donors (Lipinski definition) is 2. The molecule has 10 heteroatoms. The fraction of sp³-hybridized carbons (Fsp3) is 0.136. The number of amides is 1. The molecule has 162 valence electrons. The van der Waals surface area contributed by atoms with Crippen molar-refractivity contribution in [1.29, 1.82) is 0 Å². The number of carbonyl (C=O) groups excluding carboxylic acids is 1. The lowest BCUT2D eigenvalue weighted by atomic mass is 10.1. The van der Waals surface area contributed by atoms with E-state index >= 15 is 0 Å². The molecule has 0 spiro atoms. The van der Waals surface area contributed by atoms with Gasteiger partial charge in [-0.3, -0.25) is 9.59 Å². The number of aromatic nitrogens is 2. The number of para-hydroxylation sites is 1. The van der Waals surface area contributed by atoms with E-state index in [4.69, 9.17) is 14.9 Å². The first kappa shape index (κ1) is 21.3. The molecule has 1 aromatic heterocycles. The maximum Gasteiger partial charge on any atom is 0.305 e. The minimum atomic E-state index is -1.04. The number of ether oxygens (including phenoxy) is 1. The molecule has 1 aliphatic heterocycles. The van der Waals surface area contributed by atoms with Gasteiger partial charge in [-0.25, -0.2) is 4.68 Å². The molecule has 0 bridgehead atoms. The molecule has 1 atom stereocenters. The van der Waals surface area contributed by atoms with Crippen LogP contribution in [-0.2, 0) is 9.59 Å². The molecule has 2 heterocycles. The Kier molecular flexibility index (Phi) is 6.31. The van der Waals surface area contributed by atoms with E-state index < -0.39 is 11.2 Å². The number of methoxy groups -OCH3 is 1. The van der Waals surface area contributed by atoms with Gasteiger partial charge in [0.15, 0.2) is 5.17 Å². The number of nitrogens with one attached hydrogen (secondary N) is 1. The maximum atomic E-state index is 11.9. The summed E-state index contributed by atoms with van der Waals surface area (Å²) >= 11 is 1.05. The lowest BCUT2D eigenvalue weighted by Gasteiger charge is -2.02. The number of hydrogen-bond acceptors (Lipinski definition) is 7. The normalized spacial score (nSPS) is 17.1. The second-order valence-electron chi connectivity index (χ2n) is 6.78. The van der Waals surface area contributed by atoms with Crippen molar-refractivity contribution in [3.8, 4) is 22.7 Å². The van der Waals surface area contributed by atoms with Crippen molar-refractivity contribution < 1.29 is 19.4 Å². The first-order valence-electron chi connectivity index (χ1n) is 9.63. The summed E-state index contributed by atoms with van der Waals surface area (Å²) in [6.45, 7) is 0. The molecule has 1 saturated heterocycles. The summed E-state index contributed by atoms with van der Waals surface area (Å²) in [5, 5.41) is 23.8.